The normalized spacial score (nSPS) is 21.1. The van der Waals surface area contributed by atoms with Crippen LogP contribution in [0, 0.1) is 5.92 Å². The quantitative estimate of drug-likeness (QED) is 0.0726. The van der Waals surface area contributed by atoms with E-state index in [2.05, 4.69) is 70.8 Å². The number of nitrogens with two attached hydrogens (primary N) is 1. The maximum atomic E-state index is 11.5. The highest BCUT2D eigenvalue weighted by atomic mass is 16.5. The molecule has 10 heteroatoms. The maximum Gasteiger partial charge on any atom is 0.161 e. The summed E-state index contributed by atoms with van der Waals surface area (Å²) in [5.41, 5.74) is 12.9. The Balaban J connectivity index is 1.13. The van der Waals surface area contributed by atoms with Gasteiger partial charge in [0.2, 0.25) is 0 Å². The van der Waals surface area contributed by atoms with Gasteiger partial charge in [0, 0.05) is 54.0 Å². The molecule has 4 atom stereocenters. The van der Waals surface area contributed by atoms with Gasteiger partial charge in [-0.2, -0.15) is 0 Å². The van der Waals surface area contributed by atoms with Gasteiger partial charge in [-0.05, 0) is 141 Å². The Morgan fingerprint density at radius 2 is 1.68 bits per heavy atom. The molecule has 4 bridgehead atoms. The molecular weight excluding hydrogens is 779 g/mol. The van der Waals surface area contributed by atoms with E-state index in [0.29, 0.717) is 50.8 Å². The summed E-state index contributed by atoms with van der Waals surface area (Å²) < 4.78 is 21.4. The minimum atomic E-state index is -0.603. The second-order valence-corrected chi connectivity index (χ2v) is 17.6. The number of nitrogens with one attached hydrogen (secondary N) is 1. The Hall–Kier alpha value is -5.10. The molecule has 7 N–H and O–H groups in total. The molecule has 0 amide bonds. The van der Waals surface area contributed by atoms with Crippen molar-refractivity contribution in [2.45, 2.75) is 107 Å². The first-order valence-electron chi connectivity index (χ1n) is 22.6. The van der Waals surface area contributed by atoms with Crippen molar-refractivity contribution >= 4 is 16.6 Å². The first-order valence-corrected chi connectivity index (χ1v) is 22.6. The summed E-state index contributed by atoms with van der Waals surface area (Å²) in [6, 6.07) is 28.3. The number of phenolic OH excluding ortho intramolecular Hbond substituents is 2. The SMILES string of the molecule is NC1C=CC2=C(N1)n1cc3cc(C4(c5ccccc5)CCOCC4)cc(c3c1)COc1cc(ccc1O)CCC(O)CC(CCC(CCCO)CCCc1ccc(O)cc1)OC2. The zero-order valence-corrected chi connectivity index (χ0v) is 35.8. The average Bonchev–Trinajstić information content (AvgIpc) is 3.73. The lowest BCUT2D eigenvalue weighted by Gasteiger charge is -2.39. The van der Waals surface area contributed by atoms with E-state index in [1.165, 1.54) is 16.7 Å². The van der Waals surface area contributed by atoms with Crippen LogP contribution in [-0.2, 0) is 34.3 Å². The van der Waals surface area contributed by atoms with Crippen LogP contribution in [-0.4, -0.2) is 69.8 Å². The monoisotopic (exact) mass is 841 g/mol. The molecule has 0 spiro atoms. The second-order valence-electron chi connectivity index (χ2n) is 17.6. The molecule has 0 radical (unpaired) electrons. The number of aliphatic hydroxyl groups is 2. The lowest BCUT2D eigenvalue weighted by atomic mass is 9.68. The molecule has 1 saturated heterocycles. The zero-order chi connectivity index (χ0) is 42.9. The molecule has 3 aliphatic heterocycles. The molecule has 3 aliphatic rings. The van der Waals surface area contributed by atoms with E-state index in [-0.39, 0.29) is 42.4 Å². The number of aliphatic hydroxyl groups excluding tert-OH is 2. The molecule has 4 aromatic carbocycles. The highest BCUT2D eigenvalue weighted by Gasteiger charge is 2.37. The van der Waals surface area contributed by atoms with Crippen molar-refractivity contribution in [1.82, 2.24) is 9.88 Å². The van der Waals surface area contributed by atoms with E-state index < -0.39 is 6.10 Å². The smallest absolute Gasteiger partial charge is 0.161 e. The summed E-state index contributed by atoms with van der Waals surface area (Å²) in [6.45, 7) is 2.08. The van der Waals surface area contributed by atoms with Gasteiger partial charge in [0.15, 0.2) is 11.5 Å². The van der Waals surface area contributed by atoms with Crippen LogP contribution in [0.3, 0.4) is 0 Å². The Kier molecular flexibility index (Phi) is 14.3. The van der Waals surface area contributed by atoms with Crippen LogP contribution in [0.1, 0.15) is 92.0 Å². The molecule has 1 fully saturated rings. The number of phenols is 2. The van der Waals surface area contributed by atoms with Crippen LogP contribution in [0.15, 0.2) is 115 Å². The highest BCUT2D eigenvalue weighted by Crippen LogP contribution is 2.44. The molecule has 328 valence electrons. The third kappa shape index (κ3) is 10.6. The summed E-state index contributed by atoms with van der Waals surface area (Å²) in [5, 5.41) is 47.7. The summed E-state index contributed by atoms with van der Waals surface area (Å²) in [5.74, 6) is 2.01. The van der Waals surface area contributed by atoms with Gasteiger partial charge in [0.05, 0.1) is 25.0 Å². The number of hydrogen-bond donors (Lipinski definition) is 6. The predicted molar refractivity (Wildman–Crippen MR) is 244 cm³/mol. The number of aryl methyl sites for hydroxylation is 2. The number of aromatic hydroxyl groups is 2. The van der Waals surface area contributed by atoms with Gasteiger partial charge < -0.3 is 50.3 Å². The van der Waals surface area contributed by atoms with E-state index in [1.807, 2.05) is 30.3 Å². The van der Waals surface area contributed by atoms with Crippen LogP contribution in [0.2, 0.25) is 0 Å². The number of nitrogens with zero attached hydrogens (tertiary/aromatic N) is 1. The summed E-state index contributed by atoms with van der Waals surface area (Å²) >= 11 is 0. The zero-order valence-electron chi connectivity index (χ0n) is 35.8. The number of fused-ring (bicyclic) bond motifs is 4. The number of dihydropyridines is 1. The first kappa shape index (κ1) is 43.5. The predicted octanol–water partition coefficient (Wildman–Crippen LogP) is 8.62. The third-order valence-corrected chi connectivity index (χ3v) is 13.3. The molecule has 62 heavy (non-hydrogen) atoms. The Labute approximate surface area is 365 Å². The standard InChI is InChI=1S/C52H63N3O7/c53-50-22-16-39-34-61-46(20-14-36(8-5-25-56)6-4-7-37-11-17-44(57)18-12-37)31-45(58)19-13-38-15-21-48(59)49(28-38)62-35-41-30-43(29-40-32-55(33-47(40)41)51(39)54-50)52(23-26-60-27-24-52)42-9-2-1-3-10-42/h1-3,9-12,15-18,21-22,28-30,32-33,36,45-46,50,54,56-59H,4-8,13-14,19-20,23-27,31,34-35,53H2. The van der Waals surface area contributed by atoms with E-state index in [1.54, 1.807) is 18.2 Å². The van der Waals surface area contributed by atoms with Gasteiger partial charge in [-0.25, -0.2) is 0 Å². The molecule has 0 saturated carbocycles. The molecule has 1 aromatic heterocycles. The van der Waals surface area contributed by atoms with Crippen LogP contribution in [0.4, 0.5) is 0 Å². The fourth-order valence-electron chi connectivity index (χ4n) is 9.74. The summed E-state index contributed by atoms with van der Waals surface area (Å²) in [7, 11) is 0. The second kappa shape index (κ2) is 20.4. The van der Waals surface area contributed by atoms with Crippen molar-refractivity contribution in [3.05, 3.63) is 143 Å². The molecule has 5 aromatic rings. The number of hydrogen-bond acceptors (Lipinski definition) is 9. The van der Waals surface area contributed by atoms with Crippen molar-refractivity contribution in [1.29, 1.82) is 0 Å². The van der Waals surface area contributed by atoms with E-state index in [4.69, 9.17) is 19.9 Å². The van der Waals surface area contributed by atoms with Crippen LogP contribution in [0.5, 0.6) is 17.2 Å². The van der Waals surface area contributed by atoms with Gasteiger partial charge in [-0.3, -0.25) is 0 Å². The largest absolute Gasteiger partial charge is 0.508 e. The highest BCUT2D eigenvalue weighted by molar-refractivity contribution is 5.88. The molecule has 4 unspecified atom stereocenters. The molecular formula is C52H63N3O7. The molecule has 4 heterocycles. The van der Waals surface area contributed by atoms with Gasteiger partial charge in [-0.1, -0.05) is 67.1 Å². The Morgan fingerprint density at radius 3 is 2.48 bits per heavy atom. The van der Waals surface area contributed by atoms with E-state index in [0.717, 1.165) is 91.1 Å². The van der Waals surface area contributed by atoms with Crippen molar-refractivity contribution in [3.63, 3.8) is 0 Å². The number of rotatable bonds is 12. The summed E-state index contributed by atoms with van der Waals surface area (Å²) in [6.07, 6.45) is 16.8. The number of benzene rings is 4. The number of aromatic nitrogens is 1. The van der Waals surface area contributed by atoms with Crippen LogP contribution in [0.25, 0.3) is 16.6 Å². The number of ether oxygens (including phenoxy) is 3. The van der Waals surface area contributed by atoms with Crippen molar-refractivity contribution in [2.24, 2.45) is 11.7 Å². The van der Waals surface area contributed by atoms with Gasteiger partial charge in [0.25, 0.3) is 0 Å². The minimum absolute atomic E-state index is 0.0770. The molecule has 10 nitrogen and oxygen atoms in total. The third-order valence-electron chi connectivity index (χ3n) is 13.3. The van der Waals surface area contributed by atoms with E-state index >= 15 is 0 Å². The van der Waals surface area contributed by atoms with Gasteiger partial charge in [0.1, 0.15) is 18.2 Å². The average molecular weight is 842 g/mol. The Bertz CT molecular complexity index is 2300. The minimum Gasteiger partial charge on any atom is -0.508 e. The summed E-state index contributed by atoms with van der Waals surface area (Å²) in [4.78, 5) is 0. The molecule has 0 aliphatic carbocycles. The lowest BCUT2D eigenvalue weighted by Crippen LogP contribution is -2.38. The van der Waals surface area contributed by atoms with Gasteiger partial charge in [-0.15, -0.1) is 0 Å². The molecule has 8 rings (SSSR count). The van der Waals surface area contributed by atoms with Crippen molar-refractivity contribution < 1.29 is 34.6 Å². The first-order chi connectivity index (χ1) is 30.3. The fourth-order valence-corrected chi connectivity index (χ4v) is 9.74. The maximum absolute atomic E-state index is 11.5. The van der Waals surface area contributed by atoms with Crippen LogP contribution < -0.4 is 15.8 Å². The Morgan fingerprint density at radius 1 is 0.871 bits per heavy atom. The van der Waals surface area contributed by atoms with Crippen molar-refractivity contribution in [2.75, 3.05) is 26.4 Å². The van der Waals surface area contributed by atoms with Crippen LogP contribution >= 0.6 is 0 Å². The lowest BCUT2D eigenvalue weighted by molar-refractivity contribution is 0.0145. The van der Waals surface area contributed by atoms with Crippen molar-refractivity contribution in [3.8, 4) is 17.2 Å². The fraction of sp³-hybridized carbons (Fsp3) is 0.423. The van der Waals surface area contributed by atoms with Gasteiger partial charge >= 0.3 is 0 Å². The van der Waals surface area contributed by atoms with E-state index in [9.17, 15) is 20.4 Å². The topological polar surface area (TPSA) is 152 Å².